The maximum atomic E-state index is 12.6. The van der Waals surface area contributed by atoms with Crippen molar-refractivity contribution in [3.8, 4) is 0 Å². The average molecular weight is 838 g/mol. The second kappa shape index (κ2) is 42.8. The van der Waals surface area contributed by atoms with Gasteiger partial charge < -0.3 is 25.2 Å². The highest BCUT2D eigenvalue weighted by atomic mass is 31.2. The lowest BCUT2D eigenvalue weighted by Gasteiger charge is -2.19. The molecular weight excluding hydrogens is 753 g/mol. The predicted octanol–water partition coefficient (Wildman–Crippen LogP) is 12.2. The molecule has 0 saturated heterocycles. The van der Waals surface area contributed by atoms with Crippen molar-refractivity contribution in [1.82, 2.24) is 0 Å². The number of unbranched alkanes of at least 4 members (excludes halogenated alkanes) is 19. The fourth-order valence-corrected chi connectivity index (χ4v) is 6.76. The summed E-state index contributed by atoms with van der Waals surface area (Å²) in [4.78, 5) is 34.9. The lowest BCUT2D eigenvalue weighted by molar-refractivity contribution is -0.161. The molecule has 0 aromatic rings. The van der Waals surface area contributed by atoms with E-state index in [1.165, 1.54) is 103 Å². The highest BCUT2D eigenvalue weighted by Crippen LogP contribution is 2.43. The van der Waals surface area contributed by atoms with Crippen molar-refractivity contribution in [2.75, 3.05) is 26.4 Å². The molecule has 4 N–H and O–H groups in total. The first-order valence-electron chi connectivity index (χ1n) is 22.9. The van der Waals surface area contributed by atoms with E-state index in [4.69, 9.17) is 24.3 Å². The number of carbonyl (C=O) groups is 2. The van der Waals surface area contributed by atoms with Gasteiger partial charge in [0.2, 0.25) is 0 Å². The maximum Gasteiger partial charge on any atom is 0.472 e. The Morgan fingerprint density at radius 1 is 0.603 bits per heavy atom. The number of phosphoric acid groups is 1. The Hall–Kier alpha value is -2.33. The summed E-state index contributed by atoms with van der Waals surface area (Å²) >= 11 is 0. The van der Waals surface area contributed by atoms with E-state index in [1.54, 1.807) is 6.08 Å². The van der Waals surface area contributed by atoms with Crippen molar-refractivity contribution in [2.24, 2.45) is 5.73 Å². The molecule has 11 heteroatoms. The van der Waals surface area contributed by atoms with Gasteiger partial charge in [0, 0.05) is 19.4 Å². The molecule has 0 aromatic carbocycles. The molecule has 336 valence electrons. The van der Waals surface area contributed by atoms with Crippen LogP contribution < -0.4 is 5.73 Å². The average Bonchev–Trinajstić information content (AvgIpc) is 3.21. The van der Waals surface area contributed by atoms with E-state index < -0.39 is 38.6 Å². The Kier molecular flexibility index (Phi) is 41.1. The molecule has 1 unspecified atom stereocenters. The molecular formula is C47H84NO9P. The number of hydrogen-bond donors (Lipinski definition) is 3. The molecule has 0 heterocycles. The van der Waals surface area contributed by atoms with Crippen LogP contribution in [-0.4, -0.2) is 60.5 Å². The van der Waals surface area contributed by atoms with Gasteiger partial charge in [0.15, 0.2) is 6.10 Å². The number of allylic oxidation sites excluding steroid dienone is 8. The van der Waals surface area contributed by atoms with Gasteiger partial charge in [0.25, 0.3) is 0 Å². The Labute approximate surface area is 353 Å². The zero-order valence-corrected chi connectivity index (χ0v) is 37.5. The van der Waals surface area contributed by atoms with Gasteiger partial charge in [0.05, 0.1) is 19.3 Å². The molecule has 0 aliphatic carbocycles. The van der Waals surface area contributed by atoms with Crippen molar-refractivity contribution in [3.05, 3.63) is 60.8 Å². The van der Waals surface area contributed by atoms with Crippen molar-refractivity contribution in [2.45, 2.75) is 199 Å². The molecule has 0 rings (SSSR count). The molecule has 3 atom stereocenters. The second-order valence-corrected chi connectivity index (χ2v) is 16.6. The van der Waals surface area contributed by atoms with E-state index in [0.29, 0.717) is 32.1 Å². The van der Waals surface area contributed by atoms with Crippen LogP contribution in [0.1, 0.15) is 187 Å². The SMILES string of the molecule is CCCCC/C=C\C=C/[C@H](O)C/C=C\C/C=C/CCCC(=O)O[C@H](COC(=O)CCCCCCCCCCC/C=C\CCCCCCCC)COP(=O)(O)OCCN. The van der Waals surface area contributed by atoms with Crippen LogP contribution >= 0.6 is 7.82 Å². The van der Waals surface area contributed by atoms with Gasteiger partial charge in [0.1, 0.15) is 6.61 Å². The largest absolute Gasteiger partial charge is 0.472 e. The zero-order valence-electron chi connectivity index (χ0n) is 36.6. The van der Waals surface area contributed by atoms with Crippen LogP contribution in [0.2, 0.25) is 0 Å². The number of ether oxygens (including phenoxy) is 2. The van der Waals surface area contributed by atoms with Gasteiger partial charge in [-0.15, -0.1) is 0 Å². The first-order chi connectivity index (χ1) is 28.2. The third kappa shape index (κ3) is 41.8. The van der Waals surface area contributed by atoms with Crippen LogP contribution in [0.25, 0.3) is 0 Å². The molecule has 0 aliphatic heterocycles. The Morgan fingerprint density at radius 2 is 1.12 bits per heavy atom. The van der Waals surface area contributed by atoms with Crippen LogP contribution in [0, 0.1) is 0 Å². The maximum absolute atomic E-state index is 12.6. The van der Waals surface area contributed by atoms with Crippen LogP contribution in [-0.2, 0) is 32.7 Å². The second-order valence-electron chi connectivity index (χ2n) is 15.1. The minimum atomic E-state index is -4.41. The van der Waals surface area contributed by atoms with Crippen LogP contribution in [0.4, 0.5) is 0 Å². The fourth-order valence-electron chi connectivity index (χ4n) is 6.00. The molecule has 0 bridgehead atoms. The van der Waals surface area contributed by atoms with Crippen molar-refractivity contribution < 1.29 is 42.7 Å². The van der Waals surface area contributed by atoms with Crippen molar-refractivity contribution in [1.29, 1.82) is 0 Å². The number of aliphatic hydroxyl groups is 1. The zero-order chi connectivity index (χ0) is 42.6. The number of nitrogens with two attached hydrogens (primary N) is 1. The van der Waals surface area contributed by atoms with E-state index in [9.17, 15) is 24.2 Å². The van der Waals surface area contributed by atoms with Crippen molar-refractivity contribution >= 4 is 19.8 Å². The summed E-state index contributed by atoms with van der Waals surface area (Å²) in [5.41, 5.74) is 5.34. The molecule has 0 spiro atoms. The predicted molar refractivity (Wildman–Crippen MR) is 239 cm³/mol. The number of carbonyl (C=O) groups excluding carboxylic acids is 2. The summed E-state index contributed by atoms with van der Waals surface area (Å²) < 4.78 is 32.7. The first kappa shape index (κ1) is 55.7. The van der Waals surface area contributed by atoms with E-state index in [-0.39, 0.29) is 32.6 Å². The highest BCUT2D eigenvalue weighted by Gasteiger charge is 2.26. The fraction of sp³-hybridized carbons (Fsp3) is 0.745. The van der Waals surface area contributed by atoms with Crippen molar-refractivity contribution in [3.63, 3.8) is 0 Å². The Balaban J connectivity index is 4.26. The van der Waals surface area contributed by atoms with Crippen LogP contribution in [0.3, 0.4) is 0 Å². The molecule has 0 saturated carbocycles. The summed E-state index contributed by atoms with van der Waals surface area (Å²) in [7, 11) is -4.41. The van der Waals surface area contributed by atoms with E-state index in [2.05, 4.69) is 32.1 Å². The summed E-state index contributed by atoms with van der Waals surface area (Å²) in [6.07, 6.45) is 47.1. The minimum Gasteiger partial charge on any atom is -0.462 e. The molecule has 0 aliphatic rings. The van der Waals surface area contributed by atoms with E-state index >= 15 is 0 Å². The van der Waals surface area contributed by atoms with Gasteiger partial charge in [-0.25, -0.2) is 4.57 Å². The van der Waals surface area contributed by atoms with Gasteiger partial charge in [-0.2, -0.15) is 0 Å². The normalized spacial score (nSPS) is 14.4. The number of aliphatic hydroxyl groups excluding tert-OH is 1. The number of hydrogen-bond acceptors (Lipinski definition) is 9. The third-order valence-corrected chi connectivity index (χ3v) is 10.4. The summed E-state index contributed by atoms with van der Waals surface area (Å²) in [6.45, 7) is 3.54. The Bertz CT molecular complexity index is 1150. The highest BCUT2D eigenvalue weighted by molar-refractivity contribution is 7.47. The van der Waals surface area contributed by atoms with Gasteiger partial charge in [-0.1, -0.05) is 164 Å². The molecule has 0 amide bonds. The van der Waals surface area contributed by atoms with Gasteiger partial charge in [-0.3, -0.25) is 18.6 Å². The smallest absolute Gasteiger partial charge is 0.462 e. The van der Waals surface area contributed by atoms with Gasteiger partial charge >= 0.3 is 19.8 Å². The first-order valence-corrected chi connectivity index (χ1v) is 24.4. The summed E-state index contributed by atoms with van der Waals surface area (Å²) in [5.74, 6) is -0.939. The van der Waals surface area contributed by atoms with Gasteiger partial charge in [-0.05, 0) is 70.6 Å². The summed E-state index contributed by atoms with van der Waals surface area (Å²) in [6, 6.07) is 0. The molecule has 0 aromatic heterocycles. The standard InChI is InChI=1S/C47H84NO9P/c1-3-5-7-9-11-12-13-14-15-16-17-18-19-20-21-22-26-30-34-38-46(50)54-42-45(43-56-58(52,53)55-41-40-48)57-47(51)39-35-31-27-23-25-29-33-37-44(49)36-32-28-24-10-8-6-4-2/h14-15,23-24,27-29,32-33,36,44-45,49H,3-13,16-22,25-26,30-31,34-35,37-43,48H2,1-2H3,(H,52,53)/b15-14-,27-23+,28-24-,33-29-,36-32-/t44-,45+/m0/s1. The Morgan fingerprint density at radius 3 is 1.78 bits per heavy atom. The topological polar surface area (TPSA) is 155 Å². The third-order valence-electron chi connectivity index (χ3n) is 9.46. The molecule has 0 fully saturated rings. The molecule has 0 radical (unpaired) electrons. The van der Waals surface area contributed by atoms with E-state index in [1.807, 2.05) is 36.5 Å². The van der Waals surface area contributed by atoms with E-state index in [0.717, 1.165) is 25.7 Å². The molecule has 58 heavy (non-hydrogen) atoms. The molecule has 10 nitrogen and oxygen atoms in total. The quantitative estimate of drug-likeness (QED) is 0.0178. The van der Waals surface area contributed by atoms with Crippen LogP contribution in [0.15, 0.2) is 60.8 Å². The minimum absolute atomic E-state index is 0.0320. The van der Waals surface area contributed by atoms with Crippen LogP contribution in [0.5, 0.6) is 0 Å². The monoisotopic (exact) mass is 838 g/mol. The summed E-state index contributed by atoms with van der Waals surface area (Å²) in [5, 5.41) is 10.1. The lowest BCUT2D eigenvalue weighted by Crippen LogP contribution is -2.29. The number of esters is 2. The number of rotatable bonds is 42. The number of phosphoric ester groups is 1. The lowest BCUT2D eigenvalue weighted by atomic mass is 10.1.